The Kier molecular flexibility index (Phi) is 12.4. The van der Waals surface area contributed by atoms with Gasteiger partial charge in [0, 0.05) is 23.5 Å². The minimum atomic E-state index is -4.23. The summed E-state index contributed by atoms with van der Waals surface area (Å²) in [7, 11) is -2.67. The largest absolute Gasteiger partial charge is 0.497 e. The molecule has 0 spiro atoms. The molecule has 4 rings (SSSR count). The number of carbonyl (C=O) groups excluding carboxylic acids is 2. The fraction of sp³-hybridized carbons (Fsp3) is 0.278. The normalized spacial score (nSPS) is 11.9. The molecule has 248 valence electrons. The lowest BCUT2D eigenvalue weighted by molar-refractivity contribution is -0.140. The van der Waals surface area contributed by atoms with E-state index in [2.05, 4.69) is 21.2 Å². The first-order valence-electron chi connectivity index (χ1n) is 15.3. The zero-order chi connectivity index (χ0) is 34.0. The number of sulfonamides is 1. The summed E-state index contributed by atoms with van der Waals surface area (Å²) in [5, 5.41) is 2.96. The van der Waals surface area contributed by atoms with E-state index < -0.39 is 28.5 Å². The van der Waals surface area contributed by atoms with Gasteiger partial charge in [-0.05, 0) is 92.6 Å². The summed E-state index contributed by atoms with van der Waals surface area (Å²) in [6.45, 7) is 5.48. The number of anilines is 1. The number of carbonyl (C=O) groups is 2. The van der Waals surface area contributed by atoms with Gasteiger partial charge in [0.05, 0.1) is 24.3 Å². The molecule has 1 unspecified atom stereocenters. The van der Waals surface area contributed by atoms with Gasteiger partial charge in [-0.3, -0.25) is 13.9 Å². The molecule has 0 aliphatic carbocycles. The smallest absolute Gasteiger partial charge is 0.264 e. The second-order valence-corrected chi connectivity index (χ2v) is 13.9. The molecule has 4 aromatic rings. The third-order valence-electron chi connectivity index (χ3n) is 7.31. The summed E-state index contributed by atoms with van der Waals surface area (Å²) in [5.74, 6) is 0.261. The van der Waals surface area contributed by atoms with Gasteiger partial charge in [-0.1, -0.05) is 58.4 Å². The van der Waals surface area contributed by atoms with Crippen molar-refractivity contribution in [2.45, 2.75) is 50.7 Å². The minimum absolute atomic E-state index is 0.0140. The van der Waals surface area contributed by atoms with Crippen LogP contribution in [0.3, 0.4) is 0 Å². The molecule has 0 fully saturated rings. The first-order valence-corrected chi connectivity index (χ1v) is 17.5. The molecule has 0 heterocycles. The van der Waals surface area contributed by atoms with Crippen LogP contribution in [-0.2, 0) is 32.6 Å². The highest BCUT2D eigenvalue weighted by molar-refractivity contribution is 9.10. The molecule has 47 heavy (non-hydrogen) atoms. The molecule has 2 amide bonds. The lowest BCUT2D eigenvalue weighted by Gasteiger charge is -2.34. The molecule has 0 radical (unpaired) electrons. The van der Waals surface area contributed by atoms with Crippen molar-refractivity contribution in [2.24, 2.45) is 0 Å². The number of nitrogens with one attached hydrogen (secondary N) is 1. The summed E-state index contributed by atoms with van der Waals surface area (Å²) in [6, 6.07) is 28.3. The van der Waals surface area contributed by atoms with Crippen LogP contribution in [0.25, 0.3) is 0 Å². The quantitative estimate of drug-likeness (QED) is 0.156. The van der Waals surface area contributed by atoms with E-state index in [1.54, 1.807) is 61.7 Å². The number of hydrogen-bond acceptors (Lipinski definition) is 6. The lowest BCUT2D eigenvalue weighted by Crippen LogP contribution is -2.54. The summed E-state index contributed by atoms with van der Waals surface area (Å²) >= 11 is 3.36. The molecule has 0 bridgehead atoms. The van der Waals surface area contributed by atoms with E-state index in [9.17, 15) is 18.0 Å². The molecule has 0 saturated heterocycles. The Bertz CT molecular complexity index is 1730. The van der Waals surface area contributed by atoms with Gasteiger partial charge >= 0.3 is 0 Å². The molecule has 1 N–H and O–H groups in total. The Hall–Kier alpha value is -4.35. The molecule has 0 aromatic heterocycles. The highest BCUT2D eigenvalue weighted by atomic mass is 79.9. The van der Waals surface area contributed by atoms with E-state index >= 15 is 0 Å². The third-order valence-corrected chi connectivity index (χ3v) is 9.62. The van der Waals surface area contributed by atoms with Crippen molar-refractivity contribution in [3.63, 3.8) is 0 Å². The maximum atomic E-state index is 14.6. The van der Waals surface area contributed by atoms with E-state index in [1.165, 1.54) is 17.0 Å². The number of ether oxygens (including phenoxy) is 2. The predicted octanol–water partition coefficient (Wildman–Crippen LogP) is 6.22. The Morgan fingerprint density at radius 1 is 0.851 bits per heavy atom. The van der Waals surface area contributed by atoms with Crippen molar-refractivity contribution in [3.8, 4) is 11.5 Å². The van der Waals surface area contributed by atoms with Crippen LogP contribution in [0.5, 0.6) is 11.5 Å². The number of amides is 2. The molecule has 9 nitrogen and oxygen atoms in total. The van der Waals surface area contributed by atoms with Crippen LogP contribution in [0.1, 0.15) is 31.9 Å². The first kappa shape index (κ1) is 35.5. The van der Waals surface area contributed by atoms with E-state index in [4.69, 9.17) is 9.47 Å². The monoisotopic (exact) mass is 721 g/mol. The second kappa shape index (κ2) is 16.5. The summed E-state index contributed by atoms with van der Waals surface area (Å²) in [5.41, 5.74) is 1.85. The second-order valence-electron chi connectivity index (χ2n) is 11.1. The minimum Gasteiger partial charge on any atom is -0.497 e. The van der Waals surface area contributed by atoms with E-state index in [1.807, 2.05) is 57.2 Å². The average Bonchev–Trinajstić information content (AvgIpc) is 3.06. The van der Waals surface area contributed by atoms with Gasteiger partial charge in [0.25, 0.3) is 10.0 Å². The van der Waals surface area contributed by atoms with Crippen molar-refractivity contribution < 1.29 is 27.5 Å². The van der Waals surface area contributed by atoms with Gasteiger partial charge in [0.2, 0.25) is 11.8 Å². The van der Waals surface area contributed by atoms with E-state index in [-0.39, 0.29) is 35.5 Å². The number of methoxy groups -OCH3 is 1. The van der Waals surface area contributed by atoms with Crippen LogP contribution >= 0.6 is 15.9 Å². The molecular formula is C36H40BrN3O6S. The van der Waals surface area contributed by atoms with Crippen molar-refractivity contribution in [3.05, 3.63) is 119 Å². The van der Waals surface area contributed by atoms with Crippen LogP contribution in [0.15, 0.2) is 112 Å². The van der Waals surface area contributed by atoms with Crippen LogP contribution in [0.2, 0.25) is 0 Å². The van der Waals surface area contributed by atoms with Crippen LogP contribution in [-0.4, -0.2) is 57.5 Å². The number of benzene rings is 4. The van der Waals surface area contributed by atoms with Gasteiger partial charge in [0.1, 0.15) is 24.1 Å². The molecule has 0 aliphatic heterocycles. The summed E-state index contributed by atoms with van der Waals surface area (Å²) < 4.78 is 41.2. The maximum absolute atomic E-state index is 14.6. The first-order chi connectivity index (χ1) is 22.5. The third kappa shape index (κ3) is 9.59. The molecule has 11 heteroatoms. The molecule has 1 atom stereocenters. The van der Waals surface area contributed by atoms with E-state index in [0.29, 0.717) is 22.6 Å². The Morgan fingerprint density at radius 3 is 2.13 bits per heavy atom. The Morgan fingerprint density at radius 2 is 1.51 bits per heavy atom. The highest BCUT2D eigenvalue weighted by Crippen LogP contribution is 2.28. The van der Waals surface area contributed by atoms with Crippen molar-refractivity contribution in [1.82, 2.24) is 10.2 Å². The number of halogens is 1. The topological polar surface area (TPSA) is 105 Å². The number of nitrogens with zero attached hydrogens (tertiary/aromatic N) is 2. The maximum Gasteiger partial charge on any atom is 0.264 e. The molecular weight excluding hydrogens is 682 g/mol. The van der Waals surface area contributed by atoms with Crippen molar-refractivity contribution >= 4 is 43.5 Å². The standard InChI is InChI=1S/C36H40BrN3O6S/c1-5-46-31-18-16-30(17-19-31)40(47(43,44)33-20-14-29(37)15-21-33)25-35(41)39(24-28-12-9-13-32(22-28)45-4)34(36(42)38-26(2)3)23-27-10-7-6-8-11-27/h6-22,26,34H,5,23-25H2,1-4H3,(H,38,42). The summed E-state index contributed by atoms with van der Waals surface area (Å²) in [6.07, 6.45) is 0.220. The molecule has 4 aromatic carbocycles. The van der Waals surface area contributed by atoms with Gasteiger partial charge in [-0.15, -0.1) is 0 Å². The lowest BCUT2D eigenvalue weighted by atomic mass is 10.0. The van der Waals surface area contributed by atoms with Crippen LogP contribution < -0.4 is 19.1 Å². The van der Waals surface area contributed by atoms with Crippen LogP contribution in [0.4, 0.5) is 5.69 Å². The van der Waals surface area contributed by atoms with Gasteiger partial charge < -0.3 is 19.7 Å². The summed E-state index contributed by atoms with van der Waals surface area (Å²) in [4.78, 5) is 29.9. The van der Waals surface area contributed by atoms with Gasteiger partial charge in [-0.25, -0.2) is 8.42 Å². The predicted molar refractivity (Wildman–Crippen MR) is 187 cm³/mol. The Labute approximate surface area is 285 Å². The molecule has 0 aliphatic rings. The van der Waals surface area contributed by atoms with Gasteiger partial charge in [-0.2, -0.15) is 0 Å². The highest BCUT2D eigenvalue weighted by Gasteiger charge is 2.35. The average molecular weight is 723 g/mol. The van der Waals surface area contributed by atoms with Crippen molar-refractivity contribution in [2.75, 3.05) is 24.6 Å². The zero-order valence-corrected chi connectivity index (χ0v) is 29.3. The fourth-order valence-corrected chi connectivity index (χ4v) is 6.72. The molecule has 0 saturated carbocycles. The SMILES string of the molecule is CCOc1ccc(N(CC(=O)N(Cc2cccc(OC)c2)C(Cc2ccccc2)C(=O)NC(C)C)S(=O)(=O)c2ccc(Br)cc2)cc1. The van der Waals surface area contributed by atoms with Gasteiger partial charge in [0.15, 0.2) is 0 Å². The number of rotatable bonds is 15. The fourth-order valence-electron chi connectivity index (χ4n) is 5.04. The zero-order valence-electron chi connectivity index (χ0n) is 26.9. The number of hydrogen-bond donors (Lipinski definition) is 1. The van der Waals surface area contributed by atoms with Crippen molar-refractivity contribution in [1.29, 1.82) is 0 Å². The van der Waals surface area contributed by atoms with Crippen LogP contribution in [0, 0.1) is 0 Å². The Balaban J connectivity index is 1.81. The van der Waals surface area contributed by atoms with E-state index in [0.717, 1.165) is 15.4 Å².